The summed E-state index contributed by atoms with van der Waals surface area (Å²) >= 11 is 0. The van der Waals surface area contributed by atoms with Crippen molar-refractivity contribution in [1.82, 2.24) is 4.90 Å². The smallest absolute Gasteiger partial charge is 0.0331 e. The highest BCUT2D eigenvalue weighted by Crippen LogP contribution is 2.41. The highest BCUT2D eigenvalue weighted by Gasteiger charge is 2.38. The number of nitrogens with zero attached hydrogens (tertiary/aromatic N) is 1. The molecule has 2 N–H and O–H groups in total. The SMILES string of the molecule is CCCN(CCC)C1(CN)CCCC(C(C)(C)C)CC1. The average Bonchev–Trinajstić information content (AvgIpc) is 2.61. The van der Waals surface area contributed by atoms with Crippen LogP contribution in [-0.4, -0.2) is 30.1 Å². The molecule has 0 spiro atoms. The second-order valence-electron chi connectivity index (χ2n) is 7.91. The number of hydrogen-bond donors (Lipinski definition) is 1. The van der Waals surface area contributed by atoms with E-state index in [2.05, 4.69) is 39.5 Å². The van der Waals surface area contributed by atoms with Gasteiger partial charge in [0.05, 0.1) is 0 Å². The third kappa shape index (κ3) is 4.46. The number of hydrogen-bond acceptors (Lipinski definition) is 2. The fourth-order valence-electron chi connectivity index (χ4n) is 4.03. The van der Waals surface area contributed by atoms with Crippen molar-refractivity contribution < 1.29 is 0 Å². The Morgan fingerprint density at radius 3 is 2.10 bits per heavy atom. The van der Waals surface area contributed by atoms with Crippen LogP contribution in [0, 0.1) is 11.3 Å². The average molecular weight is 283 g/mol. The van der Waals surface area contributed by atoms with Crippen LogP contribution in [0.4, 0.5) is 0 Å². The van der Waals surface area contributed by atoms with Crippen molar-refractivity contribution in [1.29, 1.82) is 0 Å². The second kappa shape index (κ2) is 7.79. The summed E-state index contributed by atoms with van der Waals surface area (Å²) in [4.78, 5) is 2.72. The Labute approximate surface area is 127 Å². The lowest BCUT2D eigenvalue weighted by Crippen LogP contribution is -2.54. The molecule has 0 aromatic rings. The topological polar surface area (TPSA) is 29.3 Å². The van der Waals surface area contributed by atoms with Gasteiger partial charge < -0.3 is 5.73 Å². The molecule has 0 heterocycles. The molecule has 2 unspecified atom stereocenters. The zero-order chi connectivity index (χ0) is 15.2. The van der Waals surface area contributed by atoms with E-state index in [4.69, 9.17) is 5.73 Å². The van der Waals surface area contributed by atoms with Gasteiger partial charge in [-0.2, -0.15) is 0 Å². The molecule has 1 rings (SSSR count). The van der Waals surface area contributed by atoms with Crippen LogP contribution in [0.3, 0.4) is 0 Å². The molecule has 1 aliphatic rings. The van der Waals surface area contributed by atoms with E-state index in [1.807, 2.05) is 0 Å². The van der Waals surface area contributed by atoms with Gasteiger partial charge in [-0.3, -0.25) is 4.90 Å². The molecular weight excluding hydrogens is 244 g/mol. The molecule has 0 aromatic carbocycles. The van der Waals surface area contributed by atoms with Crippen LogP contribution in [0.15, 0.2) is 0 Å². The van der Waals surface area contributed by atoms with Gasteiger partial charge in [-0.25, -0.2) is 0 Å². The van der Waals surface area contributed by atoms with E-state index in [0.717, 1.165) is 12.5 Å². The van der Waals surface area contributed by atoms with Gasteiger partial charge in [0.2, 0.25) is 0 Å². The molecule has 0 aromatic heterocycles. The van der Waals surface area contributed by atoms with E-state index >= 15 is 0 Å². The van der Waals surface area contributed by atoms with Gasteiger partial charge in [0.25, 0.3) is 0 Å². The van der Waals surface area contributed by atoms with E-state index in [9.17, 15) is 0 Å². The molecule has 1 fully saturated rings. The molecule has 1 aliphatic carbocycles. The summed E-state index contributed by atoms with van der Waals surface area (Å²) in [6, 6.07) is 0. The normalized spacial score (nSPS) is 28.6. The van der Waals surface area contributed by atoms with E-state index < -0.39 is 0 Å². The molecule has 120 valence electrons. The Balaban J connectivity index is 2.82. The predicted octanol–water partition coefficient (Wildman–Crippen LogP) is 4.43. The van der Waals surface area contributed by atoms with Crippen LogP contribution < -0.4 is 5.73 Å². The van der Waals surface area contributed by atoms with Crippen LogP contribution in [0.2, 0.25) is 0 Å². The fraction of sp³-hybridized carbons (Fsp3) is 1.00. The van der Waals surface area contributed by atoms with Gasteiger partial charge in [-0.1, -0.05) is 41.0 Å². The minimum Gasteiger partial charge on any atom is -0.329 e. The van der Waals surface area contributed by atoms with Gasteiger partial charge in [0.15, 0.2) is 0 Å². The quantitative estimate of drug-likeness (QED) is 0.730. The maximum absolute atomic E-state index is 6.28. The molecule has 2 atom stereocenters. The van der Waals surface area contributed by atoms with Gasteiger partial charge in [-0.15, -0.1) is 0 Å². The van der Waals surface area contributed by atoms with Crippen molar-refractivity contribution in [2.24, 2.45) is 17.1 Å². The van der Waals surface area contributed by atoms with Gasteiger partial charge >= 0.3 is 0 Å². The van der Waals surface area contributed by atoms with Crippen molar-refractivity contribution in [3.63, 3.8) is 0 Å². The Hall–Kier alpha value is -0.0800. The molecule has 20 heavy (non-hydrogen) atoms. The van der Waals surface area contributed by atoms with Gasteiger partial charge in [0.1, 0.15) is 0 Å². The summed E-state index contributed by atoms with van der Waals surface area (Å²) < 4.78 is 0. The summed E-state index contributed by atoms with van der Waals surface area (Å²) in [5.41, 5.74) is 7.02. The maximum atomic E-state index is 6.28. The van der Waals surface area contributed by atoms with Crippen LogP contribution in [0.5, 0.6) is 0 Å². The summed E-state index contributed by atoms with van der Waals surface area (Å²) in [6.07, 6.45) is 9.17. The summed E-state index contributed by atoms with van der Waals surface area (Å²) in [6.45, 7) is 15.1. The van der Waals surface area contributed by atoms with Crippen LogP contribution in [0.1, 0.15) is 79.6 Å². The van der Waals surface area contributed by atoms with Crippen LogP contribution in [0.25, 0.3) is 0 Å². The lowest BCUT2D eigenvalue weighted by atomic mass is 9.76. The lowest BCUT2D eigenvalue weighted by molar-refractivity contribution is 0.0741. The van der Waals surface area contributed by atoms with E-state index in [1.54, 1.807) is 0 Å². The first-order chi connectivity index (χ1) is 9.39. The Morgan fingerprint density at radius 1 is 1.05 bits per heavy atom. The molecule has 0 saturated heterocycles. The molecule has 1 saturated carbocycles. The van der Waals surface area contributed by atoms with Crippen molar-refractivity contribution in [3.8, 4) is 0 Å². The zero-order valence-corrected chi connectivity index (χ0v) is 14.7. The first-order valence-corrected chi connectivity index (χ1v) is 8.84. The molecule has 2 heteroatoms. The van der Waals surface area contributed by atoms with Gasteiger partial charge in [0, 0.05) is 12.1 Å². The maximum Gasteiger partial charge on any atom is 0.0331 e. The monoisotopic (exact) mass is 282 g/mol. The summed E-state index contributed by atoms with van der Waals surface area (Å²) in [7, 11) is 0. The molecule has 0 aliphatic heterocycles. The van der Waals surface area contributed by atoms with E-state index in [-0.39, 0.29) is 5.54 Å². The zero-order valence-electron chi connectivity index (χ0n) is 14.7. The van der Waals surface area contributed by atoms with E-state index in [0.29, 0.717) is 5.41 Å². The fourth-order valence-corrected chi connectivity index (χ4v) is 4.03. The summed E-state index contributed by atoms with van der Waals surface area (Å²) in [5, 5.41) is 0. The second-order valence-corrected chi connectivity index (χ2v) is 7.91. The number of nitrogens with two attached hydrogens (primary N) is 1. The largest absolute Gasteiger partial charge is 0.329 e. The first-order valence-electron chi connectivity index (χ1n) is 8.84. The molecule has 0 bridgehead atoms. The van der Waals surface area contributed by atoms with Crippen molar-refractivity contribution in [3.05, 3.63) is 0 Å². The Bertz CT molecular complexity index is 263. The minimum absolute atomic E-state index is 0.284. The van der Waals surface area contributed by atoms with E-state index in [1.165, 1.54) is 58.0 Å². The number of rotatable bonds is 6. The van der Waals surface area contributed by atoms with Crippen molar-refractivity contribution >= 4 is 0 Å². The van der Waals surface area contributed by atoms with Crippen LogP contribution in [-0.2, 0) is 0 Å². The third-order valence-electron chi connectivity index (χ3n) is 5.42. The van der Waals surface area contributed by atoms with Crippen molar-refractivity contribution in [2.75, 3.05) is 19.6 Å². The third-order valence-corrected chi connectivity index (χ3v) is 5.42. The minimum atomic E-state index is 0.284. The molecular formula is C18H38N2. The van der Waals surface area contributed by atoms with Gasteiger partial charge in [-0.05, 0) is 62.9 Å². The first kappa shape index (κ1) is 18.0. The molecule has 0 radical (unpaired) electrons. The predicted molar refractivity (Wildman–Crippen MR) is 90.0 cm³/mol. The summed E-state index contributed by atoms with van der Waals surface area (Å²) in [5.74, 6) is 0.862. The Kier molecular flexibility index (Phi) is 7.00. The molecule has 2 nitrogen and oxygen atoms in total. The highest BCUT2D eigenvalue weighted by atomic mass is 15.2. The lowest BCUT2D eigenvalue weighted by Gasteiger charge is -2.43. The molecule has 0 amide bonds. The standard InChI is InChI=1S/C18H38N2/c1-6-13-20(14-7-2)18(15-19)11-8-9-16(10-12-18)17(3,4)5/h16H,6-15,19H2,1-5H3. The van der Waals surface area contributed by atoms with Crippen LogP contribution >= 0.6 is 0 Å². The highest BCUT2D eigenvalue weighted by molar-refractivity contribution is 4.95. The van der Waals surface area contributed by atoms with Crippen molar-refractivity contribution in [2.45, 2.75) is 85.1 Å². The Morgan fingerprint density at radius 2 is 1.65 bits per heavy atom.